The Hall–Kier alpha value is -2.31. The molecule has 6 heteroatoms. The van der Waals surface area contributed by atoms with E-state index in [2.05, 4.69) is 0 Å². The van der Waals surface area contributed by atoms with Crippen LogP contribution < -0.4 is 0 Å². The molecule has 0 aliphatic carbocycles. The van der Waals surface area contributed by atoms with Crippen LogP contribution in [0.1, 0.15) is 18.9 Å². The van der Waals surface area contributed by atoms with Gasteiger partial charge in [0.1, 0.15) is 11.6 Å². The van der Waals surface area contributed by atoms with Gasteiger partial charge in [0, 0.05) is 18.0 Å². The minimum absolute atomic E-state index is 0.00293. The number of benzene rings is 2. The molecule has 2 aliphatic heterocycles. The number of carbonyl (C=O) groups excluding carboxylic acids is 1. The van der Waals surface area contributed by atoms with Crippen molar-refractivity contribution in [2.24, 2.45) is 0 Å². The van der Waals surface area contributed by atoms with E-state index in [1.165, 1.54) is 6.07 Å². The molecular formula is C21H21F2NO3. The normalized spacial score (nSPS) is 21.1. The van der Waals surface area contributed by atoms with Gasteiger partial charge in [0.25, 0.3) is 0 Å². The van der Waals surface area contributed by atoms with Crippen LogP contribution in [0.2, 0.25) is 0 Å². The molecule has 2 fully saturated rings. The molecule has 4 nitrogen and oxygen atoms in total. The maximum atomic E-state index is 13.9. The lowest BCUT2D eigenvalue weighted by Crippen LogP contribution is -2.38. The molecule has 2 aromatic rings. The molecule has 2 saturated heterocycles. The molecule has 2 heterocycles. The fourth-order valence-corrected chi connectivity index (χ4v) is 3.88. The molecule has 2 aromatic carbocycles. The van der Waals surface area contributed by atoms with E-state index in [-0.39, 0.29) is 23.9 Å². The van der Waals surface area contributed by atoms with E-state index in [1.54, 1.807) is 29.2 Å². The van der Waals surface area contributed by atoms with Gasteiger partial charge in [-0.15, -0.1) is 0 Å². The van der Waals surface area contributed by atoms with E-state index in [9.17, 15) is 13.6 Å². The van der Waals surface area contributed by atoms with E-state index in [4.69, 9.17) is 9.47 Å². The van der Waals surface area contributed by atoms with Crippen LogP contribution in [0.3, 0.4) is 0 Å². The first-order valence-corrected chi connectivity index (χ1v) is 9.07. The molecule has 1 spiro atoms. The number of ether oxygens (including phenoxy) is 2. The van der Waals surface area contributed by atoms with E-state index in [0.29, 0.717) is 31.7 Å². The average Bonchev–Trinajstić information content (AvgIpc) is 3.24. The summed E-state index contributed by atoms with van der Waals surface area (Å²) in [6.45, 7) is 3.56. The van der Waals surface area contributed by atoms with Crippen molar-refractivity contribution in [1.82, 2.24) is 4.90 Å². The van der Waals surface area contributed by atoms with Crippen molar-refractivity contribution in [3.63, 3.8) is 0 Å². The highest BCUT2D eigenvalue weighted by atomic mass is 19.1. The first kappa shape index (κ1) is 18.1. The number of hydrogen-bond donors (Lipinski definition) is 0. The fraction of sp³-hybridized carbons (Fsp3) is 0.381. The van der Waals surface area contributed by atoms with Gasteiger partial charge in [-0.1, -0.05) is 24.3 Å². The van der Waals surface area contributed by atoms with Gasteiger partial charge in [0.05, 0.1) is 26.2 Å². The molecule has 0 N–H and O–H groups in total. The number of likely N-dealkylation sites (tertiary alicyclic amines) is 1. The molecule has 142 valence electrons. The Labute approximate surface area is 156 Å². The van der Waals surface area contributed by atoms with Crippen molar-refractivity contribution >= 4 is 5.91 Å². The second-order valence-corrected chi connectivity index (χ2v) is 7.18. The maximum Gasteiger partial charge on any atom is 0.227 e. The summed E-state index contributed by atoms with van der Waals surface area (Å²) in [7, 11) is 0. The third-order valence-corrected chi connectivity index (χ3v) is 5.23. The van der Waals surface area contributed by atoms with Gasteiger partial charge in [0.15, 0.2) is 5.79 Å². The first-order chi connectivity index (χ1) is 13.0. The summed E-state index contributed by atoms with van der Waals surface area (Å²) in [6, 6.07) is 10.4. The second-order valence-electron chi connectivity index (χ2n) is 7.18. The third-order valence-electron chi connectivity index (χ3n) is 5.23. The van der Waals surface area contributed by atoms with Crippen molar-refractivity contribution in [3.05, 3.63) is 59.7 Å². The zero-order valence-corrected chi connectivity index (χ0v) is 15.1. The van der Waals surface area contributed by atoms with Crippen LogP contribution in [0.15, 0.2) is 42.5 Å². The lowest BCUT2D eigenvalue weighted by molar-refractivity contribution is -0.152. The Bertz CT molecular complexity index is 847. The highest BCUT2D eigenvalue weighted by Crippen LogP contribution is 2.34. The molecule has 4 rings (SSSR count). The van der Waals surface area contributed by atoms with Crippen molar-refractivity contribution in [2.45, 2.75) is 31.6 Å². The van der Waals surface area contributed by atoms with E-state index in [1.807, 2.05) is 6.92 Å². The highest BCUT2D eigenvalue weighted by molar-refractivity contribution is 5.80. The lowest BCUT2D eigenvalue weighted by atomic mass is 10.0. The Balaban J connectivity index is 1.45. The Morgan fingerprint density at radius 1 is 1.15 bits per heavy atom. The number of hydrogen-bond acceptors (Lipinski definition) is 3. The van der Waals surface area contributed by atoms with Crippen molar-refractivity contribution in [1.29, 1.82) is 0 Å². The second kappa shape index (κ2) is 7.02. The first-order valence-electron chi connectivity index (χ1n) is 9.07. The summed E-state index contributed by atoms with van der Waals surface area (Å²) in [5.74, 6) is -1.61. The van der Waals surface area contributed by atoms with Gasteiger partial charge in [-0.3, -0.25) is 4.79 Å². The molecule has 0 saturated carbocycles. The van der Waals surface area contributed by atoms with E-state index in [0.717, 1.165) is 17.7 Å². The highest BCUT2D eigenvalue weighted by Gasteiger charge is 2.48. The van der Waals surface area contributed by atoms with Crippen LogP contribution in [-0.2, 0) is 20.7 Å². The van der Waals surface area contributed by atoms with Gasteiger partial charge in [-0.25, -0.2) is 8.78 Å². The smallest absolute Gasteiger partial charge is 0.227 e. The molecular weight excluding hydrogens is 352 g/mol. The van der Waals surface area contributed by atoms with Crippen molar-refractivity contribution < 1.29 is 23.0 Å². The summed E-state index contributed by atoms with van der Waals surface area (Å²) >= 11 is 0. The number of nitrogens with zero attached hydrogens (tertiary/aromatic N) is 1. The summed E-state index contributed by atoms with van der Waals surface area (Å²) < 4.78 is 38.7. The number of amides is 1. The molecule has 2 aliphatic rings. The van der Waals surface area contributed by atoms with Crippen LogP contribution >= 0.6 is 0 Å². The van der Waals surface area contributed by atoms with Crippen LogP contribution in [0.4, 0.5) is 8.78 Å². The van der Waals surface area contributed by atoms with Gasteiger partial charge in [-0.2, -0.15) is 0 Å². The monoisotopic (exact) mass is 373 g/mol. The summed E-state index contributed by atoms with van der Waals surface area (Å²) in [5.41, 5.74) is 1.60. The summed E-state index contributed by atoms with van der Waals surface area (Å²) in [4.78, 5) is 14.5. The predicted octanol–water partition coefficient (Wildman–Crippen LogP) is 3.54. The van der Waals surface area contributed by atoms with Gasteiger partial charge >= 0.3 is 0 Å². The minimum atomic E-state index is -0.645. The van der Waals surface area contributed by atoms with Crippen LogP contribution in [0.25, 0.3) is 11.1 Å². The van der Waals surface area contributed by atoms with Gasteiger partial charge in [-0.05, 0) is 36.2 Å². The lowest BCUT2D eigenvalue weighted by Gasteiger charge is -2.23. The Morgan fingerprint density at radius 3 is 2.56 bits per heavy atom. The van der Waals surface area contributed by atoms with E-state index >= 15 is 0 Å². The predicted molar refractivity (Wildman–Crippen MR) is 95.9 cm³/mol. The molecule has 1 atom stereocenters. The summed E-state index contributed by atoms with van der Waals surface area (Å²) in [5, 5.41) is 0. The third kappa shape index (κ3) is 3.59. The molecule has 1 unspecified atom stereocenters. The molecule has 0 aromatic heterocycles. The number of carbonyl (C=O) groups is 1. The zero-order chi connectivity index (χ0) is 19.0. The van der Waals surface area contributed by atoms with Crippen molar-refractivity contribution in [2.75, 3.05) is 19.8 Å². The molecule has 0 bridgehead atoms. The van der Waals surface area contributed by atoms with Crippen LogP contribution in [0.5, 0.6) is 0 Å². The summed E-state index contributed by atoms with van der Waals surface area (Å²) in [6.07, 6.45) is 0.920. The quantitative estimate of drug-likeness (QED) is 0.826. The average molecular weight is 373 g/mol. The largest absolute Gasteiger partial charge is 0.346 e. The Kier molecular flexibility index (Phi) is 4.70. The maximum absolute atomic E-state index is 13.9. The Morgan fingerprint density at radius 2 is 1.85 bits per heavy atom. The van der Waals surface area contributed by atoms with Crippen molar-refractivity contribution in [3.8, 4) is 11.1 Å². The number of halogens is 2. The van der Waals surface area contributed by atoms with Crippen LogP contribution in [0, 0.1) is 11.6 Å². The van der Waals surface area contributed by atoms with Gasteiger partial charge in [0.2, 0.25) is 5.91 Å². The number of rotatable bonds is 3. The van der Waals surface area contributed by atoms with E-state index < -0.39 is 17.4 Å². The molecule has 1 amide bonds. The molecule has 27 heavy (non-hydrogen) atoms. The van der Waals surface area contributed by atoms with Crippen LogP contribution in [-0.4, -0.2) is 42.4 Å². The minimum Gasteiger partial charge on any atom is -0.346 e. The SMILES string of the molecule is CC1CC2(CN1C(=O)Cc1ccc(-c3cc(F)ccc3F)cc1)OCCO2. The fourth-order valence-electron chi connectivity index (χ4n) is 3.88. The van der Waals surface area contributed by atoms with Gasteiger partial charge < -0.3 is 14.4 Å². The topological polar surface area (TPSA) is 38.8 Å². The standard InChI is InChI=1S/C21H21F2NO3/c1-14-12-21(26-8-9-27-21)13-24(14)20(25)10-15-2-4-16(5-3-15)18-11-17(22)6-7-19(18)23/h2-7,11,14H,8-10,12-13H2,1H3. The molecule has 0 radical (unpaired) electrons. The zero-order valence-electron chi connectivity index (χ0n) is 15.1.